The van der Waals surface area contributed by atoms with Gasteiger partial charge in [-0.1, -0.05) is 53.8 Å². The standard InChI is InChI=1S/C27H24N2O5S/c1-3-34-24(30)17-29-22-14-13-21(26(32)33-2)16-23(22)35-27(29)28-25(31)20-11-9-19(10-12-20)15-18-7-5-4-6-8-18/h4-14,16H,3,15,17H2,1-2H3. The maximum Gasteiger partial charge on any atom is 0.337 e. The zero-order valence-corrected chi connectivity index (χ0v) is 20.2. The van der Waals surface area contributed by atoms with Crippen LogP contribution in [-0.2, 0) is 27.2 Å². The van der Waals surface area contributed by atoms with Crippen LogP contribution < -0.4 is 4.80 Å². The van der Waals surface area contributed by atoms with Crippen molar-refractivity contribution in [2.75, 3.05) is 13.7 Å². The highest BCUT2D eigenvalue weighted by atomic mass is 32.1. The summed E-state index contributed by atoms with van der Waals surface area (Å²) in [6.45, 7) is 1.87. The summed E-state index contributed by atoms with van der Waals surface area (Å²) >= 11 is 1.21. The number of thiazole rings is 1. The first-order valence-corrected chi connectivity index (χ1v) is 11.9. The van der Waals surface area contributed by atoms with Crippen LogP contribution in [0, 0.1) is 0 Å². The Morgan fingerprint density at radius 1 is 0.914 bits per heavy atom. The van der Waals surface area contributed by atoms with E-state index in [0.717, 1.165) is 12.0 Å². The smallest absolute Gasteiger partial charge is 0.337 e. The number of rotatable bonds is 7. The summed E-state index contributed by atoms with van der Waals surface area (Å²) in [6, 6.07) is 22.4. The van der Waals surface area contributed by atoms with Gasteiger partial charge in [0.15, 0.2) is 4.80 Å². The Labute approximate surface area is 206 Å². The van der Waals surface area contributed by atoms with Gasteiger partial charge in [0, 0.05) is 5.56 Å². The van der Waals surface area contributed by atoms with E-state index in [1.807, 2.05) is 30.3 Å². The Kier molecular flexibility index (Phi) is 7.52. The fraction of sp³-hybridized carbons (Fsp3) is 0.185. The second kappa shape index (κ2) is 10.9. The third-order valence-electron chi connectivity index (χ3n) is 5.35. The molecule has 0 fully saturated rings. The first-order chi connectivity index (χ1) is 17.0. The highest BCUT2D eigenvalue weighted by Gasteiger charge is 2.15. The molecule has 0 saturated heterocycles. The van der Waals surface area contributed by atoms with Crippen LogP contribution in [0.15, 0.2) is 77.8 Å². The van der Waals surface area contributed by atoms with Gasteiger partial charge in [-0.3, -0.25) is 9.59 Å². The topological polar surface area (TPSA) is 87.0 Å². The first kappa shape index (κ1) is 24.1. The SMILES string of the molecule is CCOC(=O)Cn1c(=NC(=O)c2ccc(Cc3ccccc3)cc2)sc2cc(C(=O)OC)ccc21. The monoisotopic (exact) mass is 488 g/mol. The fourth-order valence-corrected chi connectivity index (χ4v) is 4.71. The minimum Gasteiger partial charge on any atom is -0.465 e. The zero-order valence-electron chi connectivity index (χ0n) is 19.4. The molecule has 0 atom stereocenters. The van der Waals surface area contributed by atoms with Crippen molar-refractivity contribution in [1.82, 2.24) is 4.57 Å². The van der Waals surface area contributed by atoms with Crippen LogP contribution in [0.25, 0.3) is 10.2 Å². The number of fused-ring (bicyclic) bond motifs is 1. The Morgan fingerprint density at radius 2 is 1.60 bits per heavy atom. The van der Waals surface area contributed by atoms with E-state index in [9.17, 15) is 14.4 Å². The van der Waals surface area contributed by atoms with Crippen LogP contribution in [-0.4, -0.2) is 36.1 Å². The maximum absolute atomic E-state index is 13.0. The van der Waals surface area contributed by atoms with Crippen molar-refractivity contribution in [3.8, 4) is 0 Å². The molecule has 4 rings (SSSR count). The number of hydrogen-bond acceptors (Lipinski definition) is 6. The van der Waals surface area contributed by atoms with Gasteiger partial charge in [-0.05, 0) is 54.8 Å². The van der Waals surface area contributed by atoms with E-state index in [4.69, 9.17) is 9.47 Å². The molecule has 4 aromatic rings. The van der Waals surface area contributed by atoms with Gasteiger partial charge in [0.05, 0.1) is 29.5 Å². The Balaban J connectivity index is 1.67. The van der Waals surface area contributed by atoms with Gasteiger partial charge in [-0.2, -0.15) is 4.99 Å². The molecule has 3 aromatic carbocycles. The minimum absolute atomic E-state index is 0.104. The van der Waals surface area contributed by atoms with Crippen molar-refractivity contribution in [2.24, 2.45) is 4.99 Å². The molecule has 0 unspecified atom stereocenters. The average molecular weight is 489 g/mol. The predicted molar refractivity (Wildman–Crippen MR) is 133 cm³/mol. The van der Waals surface area contributed by atoms with Gasteiger partial charge in [-0.15, -0.1) is 0 Å². The lowest BCUT2D eigenvalue weighted by molar-refractivity contribution is -0.143. The Morgan fingerprint density at radius 3 is 2.29 bits per heavy atom. The average Bonchev–Trinajstić information content (AvgIpc) is 3.20. The number of aromatic nitrogens is 1. The molecule has 0 N–H and O–H groups in total. The zero-order chi connectivity index (χ0) is 24.8. The Bertz CT molecular complexity index is 1440. The van der Waals surface area contributed by atoms with Gasteiger partial charge in [0.2, 0.25) is 0 Å². The molecule has 0 bridgehead atoms. The fourth-order valence-electron chi connectivity index (χ4n) is 3.64. The highest BCUT2D eigenvalue weighted by Crippen LogP contribution is 2.20. The Hall–Kier alpha value is -4.04. The van der Waals surface area contributed by atoms with E-state index in [1.54, 1.807) is 41.8 Å². The number of benzene rings is 3. The van der Waals surface area contributed by atoms with E-state index in [1.165, 1.54) is 24.0 Å². The third-order valence-corrected chi connectivity index (χ3v) is 6.39. The molecule has 8 heteroatoms. The molecule has 0 aliphatic carbocycles. The van der Waals surface area contributed by atoms with Gasteiger partial charge in [0.25, 0.3) is 5.91 Å². The predicted octanol–water partition coefficient (Wildman–Crippen LogP) is 4.38. The summed E-state index contributed by atoms with van der Waals surface area (Å²) in [5.41, 5.74) is 3.75. The second-order valence-corrected chi connectivity index (χ2v) is 8.74. The number of nitrogens with zero attached hydrogens (tertiary/aromatic N) is 2. The molecule has 0 aliphatic rings. The third kappa shape index (κ3) is 5.73. The quantitative estimate of drug-likeness (QED) is 0.360. The van der Waals surface area contributed by atoms with E-state index < -0.39 is 17.8 Å². The molecule has 178 valence electrons. The first-order valence-electron chi connectivity index (χ1n) is 11.1. The van der Waals surface area contributed by atoms with Crippen LogP contribution in [0.3, 0.4) is 0 Å². The molecule has 7 nitrogen and oxygen atoms in total. The van der Waals surface area contributed by atoms with Crippen LogP contribution >= 0.6 is 11.3 Å². The van der Waals surface area contributed by atoms with Crippen molar-refractivity contribution in [3.05, 3.63) is 99.9 Å². The minimum atomic E-state index is -0.470. The molecule has 0 radical (unpaired) electrons. The van der Waals surface area contributed by atoms with Crippen molar-refractivity contribution in [2.45, 2.75) is 19.9 Å². The largest absolute Gasteiger partial charge is 0.465 e. The number of hydrogen-bond donors (Lipinski definition) is 0. The van der Waals surface area contributed by atoms with Crippen molar-refractivity contribution in [3.63, 3.8) is 0 Å². The van der Waals surface area contributed by atoms with Gasteiger partial charge >= 0.3 is 11.9 Å². The molecular weight excluding hydrogens is 464 g/mol. The summed E-state index contributed by atoms with van der Waals surface area (Å²) in [6.07, 6.45) is 0.769. The molecule has 1 heterocycles. The number of amides is 1. The van der Waals surface area contributed by atoms with Crippen LogP contribution in [0.2, 0.25) is 0 Å². The molecular formula is C27H24N2O5S. The van der Waals surface area contributed by atoms with Crippen molar-refractivity contribution < 1.29 is 23.9 Å². The molecule has 0 saturated carbocycles. The van der Waals surface area contributed by atoms with Crippen LogP contribution in [0.4, 0.5) is 0 Å². The van der Waals surface area contributed by atoms with Crippen LogP contribution in [0.5, 0.6) is 0 Å². The van der Waals surface area contributed by atoms with Crippen molar-refractivity contribution >= 4 is 39.4 Å². The highest BCUT2D eigenvalue weighted by molar-refractivity contribution is 7.16. The van der Waals surface area contributed by atoms with E-state index in [0.29, 0.717) is 26.1 Å². The summed E-state index contributed by atoms with van der Waals surface area (Å²) in [5, 5.41) is 0. The molecule has 0 spiro atoms. The summed E-state index contributed by atoms with van der Waals surface area (Å²) in [5.74, 6) is -1.33. The molecule has 1 amide bonds. The normalized spacial score (nSPS) is 11.4. The maximum atomic E-state index is 13.0. The number of esters is 2. The number of carbonyl (C=O) groups is 3. The van der Waals surface area contributed by atoms with E-state index in [-0.39, 0.29) is 13.2 Å². The van der Waals surface area contributed by atoms with Gasteiger partial charge in [0.1, 0.15) is 6.54 Å². The molecule has 0 aliphatic heterocycles. The molecule has 1 aromatic heterocycles. The second-order valence-electron chi connectivity index (χ2n) is 7.73. The summed E-state index contributed by atoms with van der Waals surface area (Å²) in [7, 11) is 1.31. The number of methoxy groups -OCH3 is 1. The lowest BCUT2D eigenvalue weighted by Crippen LogP contribution is -2.23. The lowest BCUT2D eigenvalue weighted by Gasteiger charge is -2.06. The van der Waals surface area contributed by atoms with E-state index >= 15 is 0 Å². The van der Waals surface area contributed by atoms with Crippen LogP contribution in [0.1, 0.15) is 38.8 Å². The number of ether oxygens (including phenoxy) is 2. The van der Waals surface area contributed by atoms with Crippen molar-refractivity contribution in [1.29, 1.82) is 0 Å². The summed E-state index contributed by atoms with van der Waals surface area (Å²) < 4.78 is 12.2. The van der Waals surface area contributed by atoms with Gasteiger partial charge in [-0.25, -0.2) is 4.79 Å². The number of carbonyl (C=O) groups excluding carboxylic acids is 3. The van der Waals surface area contributed by atoms with Gasteiger partial charge < -0.3 is 14.0 Å². The summed E-state index contributed by atoms with van der Waals surface area (Å²) in [4.78, 5) is 41.8. The molecule has 35 heavy (non-hydrogen) atoms. The lowest BCUT2D eigenvalue weighted by atomic mass is 10.0. The van der Waals surface area contributed by atoms with E-state index in [2.05, 4.69) is 17.1 Å².